The first-order valence-corrected chi connectivity index (χ1v) is 8.19. The Balaban J connectivity index is 1.71. The van der Waals surface area contributed by atoms with Gasteiger partial charge in [-0.1, -0.05) is 12.1 Å². The van der Waals surface area contributed by atoms with Crippen LogP contribution in [0.15, 0.2) is 48.5 Å². The molecule has 5 nitrogen and oxygen atoms in total. The van der Waals surface area contributed by atoms with Crippen LogP contribution in [0.3, 0.4) is 0 Å². The maximum absolute atomic E-state index is 12.1. The second-order valence-electron chi connectivity index (χ2n) is 5.60. The molecule has 5 heteroatoms. The van der Waals surface area contributed by atoms with Crippen LogP contribution in [0.5, 0.6) is 11.5 Å². The van der Waals surface area contributed by atoms with E-state index in [1.54, 1.807) is 38.5 Å². The third kappa shape index (κ3) is 5.95. The number of carbonyl (C=O) groups excluding carboxylic acids is 2. The zero-order chi connectivity index (χ0) is 18.1. The number of ketones is 1. The van der Waals surface area contributed by atoms with Crippen molar-refractivity contribution in [3.8, 4) is 11.5 Å². The van der Waals surface area contributed by atoms with Gasteiger partial charge in [0.2, 0.25) is 5.91 Å². The number of carbonyl (C=O) groups is 2. The number of methoxy groups -OCH3 is 2. The molecule has 0 aliphatic rings. The Labute approximate surface area is 148 Å². The smallest absolute Gasteiger partial charge is 0.220 e. The molecule has 2 aromatic rings. The second kappa shape index (κ2) is 9.47. The van der Waals surface area contributed by atoms with Crippen LogP contribution in [0.25, 0.3) is 0 Å². The molecular weight excluding hydrogens is 318 g/mol. The van der Waals surface area contributed by atoms with Gasteiger partial charge in [0.05, 0.1) is 14.2 Å². The van der Waals surface area contributed by atoms with Crippen molar-refractivity contribution >= 4 is 11.7 Å². The molecule has 25 heavy (non-hydrogen) atoms. The largest absolute Gasteiger partial charge is 0.497 e. The second-order valence-corrected chi connectivity index (χ2v) is 5.60. The van der Waals surface area contributed by atoms with E-state index in [9.17, 15) is 9.59 Å². The lowest BCUT2D eigenvalue weighted by Gasteiger charge is -2.07. The highest BCUT2D eigenvalue weighted by Gasteiger charge is 2.09. The zero-order valence-electron chi connectivity index (χ0n) is 14.6. The number of Topliss-reactive ketones (excluding diaryl/α,β-unsaturated/α-hetero) is 1. The normalized spacial score (nSPS) is 10.2. The highest BCUT2D eigenvalue weighted by atomic mass is 16.5. The topological polar surface area (TPSA) is 64.6 Å². The quantitative estimate of drug-likeness (QED) is 0.712. The standard InChI is InChI=1S/C20H23NO4/c1-24-17-8-6-16(7-9-17)19(22)10-11-20(23)21-13-12-15-4-3-5-18(14-15)25-2/h3-9,14H,10-13H2,1-2H3,(H,21,23). The van der Waals surface area contributed by atoms with Crippen LogP contribution < -0.4 is 14.8 Å². The summed E-state index contributed by atoms with van der Waals surface area (Å²) in [7, 11) is 3.20. The van der Waals surface area contributed by atoms with Crippen molar-refractivity contribution in [3.63, 3.8) is 0 Å². The summed E-state index contributed by atoms with van der Waals surface area (Å²) in [6, 6.07) is 14.6. The van der Waals surface area contributed by atoms with Gasteiger partial charge in [0.25, 0.3) is 0 Å². The number of nitrogens with one attached hydrogen (secondary N) is 1. The number of ether oxygens (including phenoxy) is 2. The van der Waals surface area contributed by atoms with E-state index in [1.807, 2.05) is 24.3 Å². The molecule has 1 amide bonds. The molecule has 0 unspecified atom stereocenters. The minimum atomic E-state index is -0.121. The van der Waals surface area contributed by atoms with Crippen molar-refractivity contribution in [2.45, 2.75) is 19.3 Å². The van der Waals surface area contributed by atoms with E-state index >= 15 is 0 Å². The van der Waals surface area contributed by atoms with Gasteiger partial charge in [-0.3, -0.25) is 9.59 Å². The molecule has 0 fully saturated rings. The van der Waals surface area contributed by atoms with Crippen molar-refractivity contribution in [1.82, 2.24) is 5.32 Å². The maximum Gasteiger partial charge on any atom is 0.220 e. The molecule has 0 aliphatic heterocycles. The van der Waals surface area contributed by atoms with Crippen molar-refractivity contribution in [2.75, 3.05) is 20.8 Å². The van der Waals surface area contributed by atoms with Crippen LogP contribution >= 0.6 is 0 Å². The SMILES string of the molecule is COc1ccc(C(=O)CCC(=O)NCCc2cccc(OC)c2)cc1. The van der Waals surface area contributed by atoms with Gasteiger partial charge in [0.1, 0.15) is 11.5 Å². The lowest BCUT2D eigenvalue weighted by Crippen LogP contribution is -2.26. The predicted octanol–water partition coefficient (Wildman–Crippen LogP) is 3.03. The Morgan fingerprint density at radius 1 is 0.920 bits per heavy atom. The zero-order valence-corrected chi connectivity index (χ0v) is 14.6. The summed E-state index contributed by atoms with van der Waals surface area (Å²) in [5.74, 6) is 1.33. The molecule has 2 aromatic carbocycles. The Morgan fingerprint density at radius 2 is 1.64 bits per heavy atom. The van der Waals surface area contributed by atoms with E-state index in [1.165, 1.54) is 0 Å². The summed E-state index contributed by atoms with van der Waals surface area (Å²) < 4.78 is 10.2. The molecule has 0 aliphatic carbocycles. The minimum Gasteiger partial charge on any atom is -0.497 e. The fraction of sp³-hybridized carbons (Fsp3) is 0.300. The van der Waals surface area contributed by atoms with Crippen LogP contribution in [0.1, 0.15) is 28.8 Å². The van der Waals surface area contributed by atoms with E-state index in [0.29, 0.717) is 17.9 Å². The fourth-order valence-electron chi connectivity index (χ4n) is 2.41. The summed E-state index contributed by atoms with van der Waals surface area (Å²) in [5.41, 5.74) is 1.68. The van der Waals surface area contributed by atoms with Crippen LogP contribution in [0.2, 0.25) is 0 Å². The molecule has 0 aromatic heterocycles. The van der Waals surface area contributed by atoms with Gasteiger partial charge in [0, 0.05) is 24.9 Å². The summed E-state index contributed by atoms with van der Waals surface area (Å²) in [6.07, 6.45) is 1.09. The lowest BCUT2D eigenvalue weighted by atomic mass is 10.1. The van der Waals surface area contributed by atoms with E-state index in [4.69, 9.17) is 9.47 Å². The Morgan fingerprint density at radius 3 is 2.32 bits per heavy atom. The summed E-state index contributed by atoms with van der Waals surface area (Å²) in [6.45, 7) is 0.530. The number of amides is 1. The minimum absolute atomic E-state index is 0.0504. The van der Waals surface area contributed by atoms with E-state index in [0.717, 1.165) is 17.7 Å². The van der Waals surface area contributed by atoms with Crippen molar-refractivity contribution in [1.29, 1.82) is 0 Å². The molecule has 2 rings (SSSR count). The Hall–Kier alpha value is -2.82. The third-order valence-corrected chi connectivity index (χ3v) is 3.86. The van der Waals surface area contributed by atoms with Gasteiger partial charge < -0.3 is 14.8 Å². The average molecular weight is 341 g/mol. The highest BCUT2D eigenvalue weighted by molar-refractivity contribution is 5.98. The number of hydrogen-bond acceptors (Lipinski definition) is 4. The van der Waals surface area contributed by atoms with Gasteiger partial charge in [-0.05, 0) is 48.4 Å². The monoisotopic (exact) mass is 341 g/mol. The van der Waals surface area contributed by atoms with Gasteiger partial charge in [-0.15, -0.1) is 0 Å². The average Bonchev–Trinajstić information content (AvgIpc) is 2.66. The molecule has 0 heterocycles. The van der Waals surface area contributed by atoms with Crippen molar-refractivity contribution < 1.29 is 19.1 Å². The number of benzene rings is 2. The van der Waals surface area contributed by atoms with Crippen molar-refractivity contribution in [3.05, 3.63) is 59.7 Å². The van der Waals surface area contributed by atoms with Crippen LogP contribution in [0.4, 0.5) is 0 Å². The summed E-state index contributed by atoms with van der Waals surface area (Å²) in [5, 5.41) is 2.84. The Bertz CT molecular complexity index is 710. The molecule has 132 valence electrons. The van der Waals surface area contributed by atoms with Gasteiger partial charge >= 0.3 is 0 Å². The molecule has 0 spiro atoms. The number of hydrogen-bond donors (Lipinski definition) is 1. The Kier molecular flexibility index (Phi) is 7.01. The molecule has 0 saturated heterocycles. The van der Waals surface area contributed by atoms with Gasteiger partial charge in [-0.2, -0.15) is 0 Å². The van der Waals surface area contributed by atoms with Crippen LogP contribution in [0, 0.1) is 0 Å². The third-order valence-electron chi connectivity index (χ3n) is 3.86. The van der Waals surface area contributed by atoms with E-state index in [-0.39, 0.29) is 24.5 Å². The van der Waals surface area contributed by atoms with Crippen LogP contribution in [-0.4, -0.2) is 32.5 Å². The highest BCUT2D eigenvalue weighted by Crippen LogP contribution is 2.14. The van der Waals surface area contributed by atoms with E-state index < -0.39 is 0 Å². The fourth-order valence-corrected chi connectivity index (χ4v) is 2.41. The number of rotatable bonds is 9. The van der Waals surface area contributed by atoms with E-state index in [2.05, 4.69) is 5.32 Å². The first kappa shape index (κ1) is 18.5. The molecule has 1 N–H and O–H groups in total. The summed E-state index contributed by atoms with van der Waals surface area (Å²) >= 11 is 0. The van der Waals surface area contributed by atoms with Gasteiger partial charge in [0.15, 0.2) is 5.78 Å². The lowest BCUT2D eigenvalue weighted by molar-refractivity contribution is -0.121. The molecule has 0 saturated carbocycles. The van der Waals surface area contributed by atoms with Gasteiger partial charge in [-0.25, -0.2) is 0 Å². The first-order chi connectivity index (χ1) is 12.1. The van der Waals surface area contributed by atoms with Crippen molar-refractivity contribution in [2.24, 2.45) is 0 Å². The molecule has 0 radical (unpaired) electrons. The summed E-state index contributed by atoms with van der Waals surface area (Å²) in [4.78, 5) is 24.0. The molecular formula is C20H23NO4. The first-order valence-electron chi connectivity index (χ1n) is 8.19. The maximum atomic E-state index is 12.1. The molecule has 0 atom stereocenters. The predicted molar refractivity (Wildman–Crippen MR) is 96.3 cm³/mol. The van der Waals surface area contributed by atoms with Crippen LogP contribution in [-0.2, 0) is 11.2 Å². The molecule has 0 bridgehead atoms.